The fourth-order valence-electron chi connectivity index (χ4n) is 1.53. The monoisotopic (exact) mass is 247 g/mol. The Balaban J connectivity index is 2.31. The zero-order chi connectivity index (χ0) is 11.5. The second-order valence-corrected chi connectivity index (χ2v) is 6.31. The zero-order valence-corrected chi connectivity index (χ0v) is 11.0. The summed E-state index contributed by atoms with van der Waals surface area (Å²) in [5.74, 6) is 0. The van der Waals surface area contributed by atoms with Crippen LogP contribution >= 0.6 is 22.9 Å². The molecule has 0 radical (unpaired) electrons. The van der Waals surface area contributed by atoms with Crippen LogP contribution in [0.3, 0.4) is 0 Å². The van der Waals surface area contributed by atoms with Gasteiger partial charge in [0.15, 0.2) is 0 Å². The Labute approximate surface area is 100 Å². The highest BCUT2D eigenvalue weighted by Gasteiger charge is 2.15. The van der Waals surface area contributed by atoms with Crippen LogP contribution in [0.15, 0.2) is 12.1 Å². The normalized spacial score (nSPS) is 12.4. The van der Waals surface area contributed by atoms with Gasteiger partial charge in [0, 0.05) is 18.0 Å². The minimum Gasteiger partial charge on any atom is -0.389 e. The van der Waals surface area contributed by atoms with Crippen molar-refractivity contribution >= 4 is 22.9 Å². The van der Waals surface area contributed by atoms with E-state index in [1.54, 1.807) is 11.3 Å². The van der Waals surface area contributed by atoms with Gasteiger partial charge >= 0.3 is 0 Å². The number of rotatable bonds is 5. The van der Waals surface area contributed by atoms with Gasteiger partial charge in [0.05, 0.1) is 9.94 Å². The summed E-state index contributed by atoms with van der Waals surface area (Å²) in [6, 6.07) is 3.99. The van der Waals surface area contributed by atoms with Gasteiger partial charge in [0.25, 0.3) is 0 Å². The first-order valence-corrected chi connectivity index (χ1v) is 6.21. The molecule has 0 aliphatic rings. The first-order valence-electron chi connectivity index (χ1n) is 5.02. The quantitative estimate of drug-likeness (QED) is 0.865. The third-order valence-electron chi connectivity index (χ3n) is 2.03. The van der Waals surface area contributed by atoms with Gasteiger partial charge in [-0.3, -0.25) is 0 Å². The molecule has 1 rings (SSSR count). The lowest BCUT2D eigenvalue weighted by Gasteiger charge is -2.25. The second kappa shape index (κ2) is 5.30. The molecule has 1 aromatic rings. The number of halogens is 1. The van der Waals surface area contributed by atoms with Gasteiger partial charge in [-0.15, -0.1) is 11.3 Å². The van der Waals surface area contributed by atoms with Crippen molar-refractivity contribution in [1.29, 1.82) is 0 Å². The predicted octanol–water partition coefficient (Wildman–Crippen LogP) is 2.65. The Hall–Kier alpha value is -0.0900. The first-order chi connectivity index (χ1) is 6.87. The third kappa shape index (κ3) is 5.52. The van der Waals surface area contributed by atoms with E-state index in [1.165, 1.54) is 4.88 Å². The van der Waals surface area contributed by atoms with Crippen LogP contribution in [0.2, 0.25) is 4.34 Å². The topological polar surface area (TPSA) is 23.5 Å². The lowest BCUT2D eigenvalue weighted by Crippen LogP contribution is -2.37. The zero-order valence-electron chi connectivity index (χ0n) is 9.46. The van der Waals surface area contributed by atoms with Crippen LogP contribution in [0.4, 0.5) is 0 Å². The molecule has 0 fully saturated rings. The van der Waals surface area contributed by atoms with Crippen molar-refractivity contribution in [3.8, 4) is 0 Å². The lowest BCUT2D eigenvalue weighted by molar-refractivity contribution is 0.0450. The van der Waals surface area contributed by atoms with Crippen molar-refractivity contribution in [3.05, 3.63) is 21.3 Å². The Kier molecular flexibility index (Phi) is 4.59. The molecule has 2 nitrogen and oxygen atoms in total. The average molecular weight is 248 g/mol. The van der Waals surface area contributed by atoms with Gasteiger partial charge in [-0.25, -0.2) is 0 Å². The molecule has 86 valence electrons. The van der Waals surface area contributed by atoms with Gasteiger partial charge in [-0.1, -0.05) is 11.6 Å². The fourth-order valence-corrected chi connectivity index (χ4v) is 2.60. The predicted molar refractivity (Wildman–Crippen MR) is 66.8 cm³/mol. The fraction of sp³-hybridized carbons (Fsp3) is 0.636. The van der Waals surface area contributed by atoms with E-state index < -0.39 is 5.60 Å². The molecule has 0 saturated heterocycles. The highest BCUT2D eigenvalue weighted by atomic mass is 35.5. The Morgan fingerprint density at radius 3 is 2.60 bits per heavy atom. The molecular weight excluding hydrogens is 230 g/mol. The van der Waals surface area contributed by atoms with Crippen LogP contribution in [-0.4, -0.2) is 35.7 Å². The molecule has 1 N–H and O–H groups in total. The van der Waals surface area contributed by atoms with Crippen molar-refractivity contribution < 1.29 is 5.11 Å². The number of likely N-dealkylation sites (N-methyl/N-ethyl adjacent to an activating group) is 1. The van der Waals surface area contributed by atoms with Crippen LogP contribution in [0.5, 0.6) is 0 Å². The van der Waals surface area contributed by atoms with Crippen molar-refractivity contribution in [2.45, 2.75) is 25.9 Å². The van der Waals surface area contributed by atoms with E-state index in [4.69, 9.17) is 11.6 Å². The van der Waals surface area contributed by atoms with E-state index in [2.05, 4.69) is 11.0 Å². The number of aliphatic hydroxyl groups is 1. The van der Waals surface area contributed by atoms with Crippen LogP contribution in [-0.2, 0) is 6.42 Å². The smallest absolute Gasteiger partial charge is 0.0931 e. The van der Waals surface area contributed by atoms with E-state index in [9.17, 15) is 5.11 Å². The molecule has 1 heterocycles. The molecular formula is C11H18ClNOS. The second-order valence-electron chi connectivity index (χ2n) is 4.51. The van der Waals surface area contributed by atoms with Gasteiger partial charge in [0.2, 0.25) is 0 Å². The summed E-state index contributed by atoms with van der Waals surface area (Å²) in [6.45, 7) is 5.28. The van der Waals surface area contributed by atoms with Crippen LogP contribution in [0.1, 0.15) is 18.7 Å². The largest absolute Gasteiger partial charge is 0.389 e. The molecule has 15 heavy (non-hydrogen) atoms. The minimum absolute atomic E-state index is 0.623. The molecule has 1 aromatic heterocycles. The summed E-state index contributed by atoms with van der Waals surface area (Å²) in [5, 5.41) is 9.63. The van der Waals surface area contributed by atoms with Crippen molar-refractivity contribution in [3.63, 3.8) is 0 Å². The first kappa shape index (κ1) is 13.0. The summed E-state index contributed by atoms with van der Waals surface area (Å²) in [7, 11) is 2.02. The van der Waals surface area contributed by atoms with E-state index in [-0.39, 0.29) is 0 Å². The van der Waals surface area contributed by atoms with Crippen molar-refractivity contribution in [2.24, 2.45) is 0 Å². The molecule has 0 saturated carbocycles. The molecule has 0 aromatic carbocycles. The number of hydrogen-bond acceptors (Lipinski definition) is 3. The Morgan fingerprint density at radius 1 is 1.47 bits per heavy atom. The summed E-state index contributed by atoms with van der Waals surface area (Å²) >= 11 is 7.47. The van der Waals surface area contributed by atoms with Gasteiger partial charge in [-0.2, -0.15) is 0 Å². The third-order valence-corrected chi connectivity index (χ3v) is 3.32. The molecule has 0 aliphatic heterocycles. The molecule has 0 unspecified atom stereocenters. The van der Waals surface area contributed by atoms with Gasteiger partial charge in [0.1, 0.15) is 0 Å². The van der Waals surface area contributed by atoms with Crippen LogP contribution < -0.4 is 0 Å². The number of nitrogens with zero attached hydrogens (tertiary/aromatic N) is 1. The summed E-state index contributed by atoms with van der Waals surface area (Å²) < 4.78 is 0.843. The minimum atomic E-state index is -0.623. The van der Waals surface area contributed by atoms with Crippen molar-refractivity contribution in [2.75, 3.05) is 20.1 Å². The molecule has 0 spiro atoms. The highest BCUT2D eigenvalue weighted by molar-refractivity contribution is 7.16. The lowest BCUT2D eigenvalue weighted by atomic mass is 10.1. The van der Waals surface area contributed by atoms with Crippen molar-refractivity contribution in [1.82, 2.24) is 4.90 Å². The maximum atomic E-state index is 9.63. The SMILES string of the molecule is CN(CCc1ccc(Cl)s1)CC(C)(C)O. The van der Waals surface area contributed by atoms with E-state index in [0.717, 1.165) is 17.3 Å². The average Bonchev–Trinajstić information content (AvgIpc) is 2.45. The number of thiophene rings is 1. The van der Waals surface area contributed by atoms with E-state index >= 15 is 0 Å². The highest BCUT2D eigenvalue weighted by Crippen LogP contribution is 2.21. The summed E-state index contributed by atoms with van der Waals surface area (Å²) in [5.41, 5.74) is -0.623. The molecule has 0 aliphatic carbocycles. The van der Waals surface area contributed by atoms with Gasteiger partial charge < -0.3 is 10.0 Å². The Morgan fingerprint density at radius 2 is 2.13 bits per heavy atom. The molecule has 0 atom stereocenters. The maximum absolute atomic E-state index is 9.63. The molecule has 0 bridgehead atoms. The molecule has 4 heteroatoms. The molecule has 0 amide bonds. The van der Waals surface area contributed by atoms with E-state index in [0.29, 0.717) is 6.54 Å². The van der Waals surface area contributed by atoms with E-state index in [1.807, 2.05) is 27.0 Å². The maximum Gasteiger partial charge on any atom is 0.0931 e. The summed E-state index contributed by atoms with van der Waals surface area (Å²) in [4.78, 5) is 3.43. The van der Waals surface area contributed by atoms with Crippen LogP contribution in [0, 0.1) is 0 Å². The van der Waals surface area contributed by atoms with Gasteiger partial charge in [-0.05, 0) is 39.4 Å². The Bertz CT molecular complexity index is 306. The van der Waals surface area contributed by atoms with Crippen LogP contribution in [0.25, 0.3) is 0 Å². The summed E-state index contributed by atoms with van der Waals surface area (Å²) in [6.07, 6.45) is 0.990. The standard InChI is InChI=1S/C11H18ClNOS/c1-11(2,14)8-13(3)7-6-9-4-5-10(12)15-9/h4-5,14H,6-8H2,1-3H3. The number of hydrogen-bond donors (Lipinski definition) is 1.